The van der Waals surface area contributed by atoms with Gasteiger partial charge in [-0.15, -0.1) is 0 Å². The van der Waals surface area contributed by atoms with Crippen LogP contribution in [0.5, 0.6) is 0 Å². The van der Waals surface area contributed by atoms with Gasteiger partial charge in [-0.05, 0) is 18.1 Å². The van der Waals surface area contributed by atoms with Crippen molar-refractivity contribution in [2.45, 2.75) is 19.8 Å². The molecule has 0 aliphatic rings. The fourth-order valence-electron chi connectivity index (χ4n) is 0.887. The van der Waals surface area contributed by atoms with E-state index < -0.39 is 5.97 Å². The smallest absolute Gasteiger partial charge is 0.0900 e. The van der Waals surface area contributed by atoms with Gasteiger partial charge in [-0.1, -0.05) is 19.9 Å². The number of carboxylic acids is 1. The Morgan fingerprint density at radius 3 is 2.67 bits per heavy atom. The molecule has 0 aromatic carbocycles. The van der Waals surface area contributed by atoms with E-state index in [1.807, 2.05) is 13.8 Å². The molecule has 64 valence electrons. The summed E-state index contributed by atoms with van der Waals surface area (Å²) >= 11 is 0. The van der Waals surface area contributed by atoms with Gasteiger partial charge in [-0.2, -0.15) is 0 Å². The van der Waals surface area contributed by atoms with Crippen molar-refractivity contribution in [1.29, 1.82) is 0 Å². The second kappa shape index (κ2) is 3.34. The molecule has 0 spiro atoms. The molecule has 3 nitrogen and oxygen atoms in total. The summed E-state index contributed by atoms with van der Waals surface area (Å²) in [7, 11) is 0. The largest absolute Gasteiger partial charge is 0.543 e. The van der Waals surface area contributed by atoms with Gasteiger partial charge in [0.1, 0.15) is 0 Å². The van der Waals surface area contributed by atoms with E-state index in [1.54, 1.807) is 12.1 Å². The van der Waals surface area contributed by atoms with Gasteiger partial charge in [0.25, 0.3) is 0 Å². The van der Waals surface area contributed by atoms with E-state index in [2.05, 4.69) is 4.98 Å². The second-order valence-corrected chi connectivity index (χ2v) is 2.89. The van der Waals surface area contributed by atoms with Crippen LogP contribution in [0.1, 0.15) is 35.9 Å². The van der Waals surface area contributed by atoms with Crippen molar-refractivity contribution in [1.82, 2.24) is 4.98 Å². The van der Waals surface area contributed by atoms with Gasteiger partial charge >= 0.3 is 0 Å². The third-order valence-electron chi connectivity index (χ3n) is 1.57. The zero-order valence-corrected chi connectivity index (χ0v) is 7.07. The molecule has 0 bridgehead atoms. The summed E-state index contributed by atoms with van der Waals surface area (Å²) in [6, 6.07) is 4.91. The Labute approximate surface area is 71.1 Å². The average Bonchev–Trinajstić information content (AvgIpc) is 2.04. The van der Waals surface area contributed by atoms with Gasteiger partial charge in [-0.3, -0.25) is 4.98 Å². The lowest BCUT2D eigenvalue weighted by atomic mass is 10.1. The molecule has 1 rings (SSSR count). The zero-order valence-electron chi connectivity index (χ0n) is 7.07. The minimum absolute atomic E-state index is 0.00111. The van der Waals surface area contributed by atoms with Gasteiger partial charge in [-0.25, -0.2) is 0 Å². The number of carbonyl (C=O) groups is 1. The second-order valence-electron chi connectivity index (χ2n) is 2.89. The molecule has 1 aromatic heterocycles. The monoisotopic (exact) mass is 164 g/mol. The number of pyridine rings is 1. The SMILES string of the molecule is CC(C)c1cccc(C(=O)[O-])n1. The fourth-order valence-corrected chi connectivity index (χ4v) is 0.887. The number of nitrogens with zero attached hydrogens (tertiary/aromatic N) is 1. The topological polar surface area (TPSA) is 53.0 Å². The van der Waals surface area contributed by atoms with Gasteiger partial charge in [0.05, 0.1) is 11.7 Å². The first-order valence-electron chi connectivity index (χ1n) is 3.79. The fraction of sp³-hybridized carbons (Fsp3) is 0.333. The molecule has 0 amide bonds. The van der Waals surface area contributed by atoms with Crippen molar-refractivity contribution < 1.29 is 9.90 Å². The number of carbonyl (C=O) groups excluding carboxylic acids is 1. The molecule has 3 heteroatoms. The molecular formula is C9H10NO2-. The van der Waals surface area contributed by atoms with E-state index in [-0.39, 0.29) is 11.6 Å². The first-order chi connectivity index (χ1) is 5.61. The Bertz CT molecular complexity index is 294. The summed E-state index contributed by atoms with van der Waals surface area (Å²) in [5.41, 5.74) is 0.776. The molecule has 0 saturated heterocycles. The van der Waals surface area contributed by atoms with E-state index in [9.17, 15) is 9.90 Å². The lowest BCUT2D eigenvalue weighted by Gasteiger charge is -2.06. The van der Waals surface area contributed by atoms with Crippen LogP contribution in [0.4, 0.5) is 0 Å². The molecule has 0 atom stereocenters. The van der Waals surface area contributed by atoms with Crippen molar-refractivity contribution in [2.75, 3.05) is 0 Å². The highest BCUT2D eigenvalue weighted by atomic mass is 16.4. The van der Waals surface area contributed by atoms with E-state index in [1.165, 1.54) is 6.07 Å². The van der Waals surface area contributed by atoms with Gasteiger partial charge in [0, 0.05) is 5.69 Å². The van der Waals surface area contributed by atoms with E-state index in [0.29, 0.717) is 0 Å². The number of hydrogen-bond donors (Lipinski definition) is 0. The van der Waals surface area contributed by atoms with E-state index >= 15 is 0 Å². The van der Waals surface area contributed by atoms with Gasteiger partial charge in [0.2, 0.25) is 0 Å². The van der Waals surface area contributed by atoms with Crippen molar-refractivity contribution in [3.8, 4) is 0 Å². The standard InChI is InChI=1S/C9H11NO2/c1-6(2)7-4-3-5-8(10-7)9(11)12/h3-6H,1-2H3,(H,11,12)/p-1. The third kappa shape index (κ3) is 1.81. The Morgan fingerprint density at radius 1 is 1.50 bits per heavy atom. The Morgan fingerprint density at radius 2 is 2.17 bits per heavy atom. The van der Waals surface area contributed by atoms with Crippen LogP contribution in [0, 0.1) is 0 Å². The van der Waals surface area contributed by atoms with Crippen LogP contribution in [0.2, 0.25) is 0 Å². The molecule has 0 N–H and O–H groups in total. The molecule has 0 aliphatic heterocycles. The summed E-state index contributed by atoms with van der Waals surface area (Å²) < 4.78 is 0. The maximum atomic E-state index is 10.4. The number of aromatic nitrogens is 1. The molecule has 0 unspecified atom stereocenters. The van der Waals surface area contributed by atoms with E-state index in [0.717, 1.165) is 5.69 Å². The zero-order chi connectivity index (χ0) is 9.14. The molecule has 0 saturated carbocycles. The van der Waals surface area contributed by atoms with Crippen molar-refractivity contribution in [3.05, 3.63) is 29.6 Å². The third-order valence-corrected chi connectivity index (χ3v) is 1.57. The first-order valence-corrected chi connectivity index (χ1v) is 3.79. The maximum absolute atomic E-state index is 10.4. The molecule has 1 heterocycles. The number of carboxylic acid groups (broad SMARTS) is 1. The number of rotatable bonds is 2. The lowest BCUT2D eigenvalue weighted by molar-refractivity contribution is -0.255. The van der Waals surface area contributed by atoms with Crippen LogP contribution in [-0.4, -0.2) is 11.0 Å². The average molecular weight is 164 g/mol. The Kier molecular flexibility index (Phi) is 2.43. The molecule has 0 aliphatic carbocycles. The minimum Gasteiger partial charge on any atom is -0.543 e. The first kappa shape index (κ1) is 8.71. The summed E-state index contributed by atoms with van der Waals surface area (Å²) in [6.45, 7) is 3.92. The van der Waals surface area contributed by atoms with Crippen LogP contribution in [0.25, 0.3) is 0 Å². The molecule has 1 aromatic rings. The predicted molar refractivity (Wildman–Crippen MR) is 42.7 cm³/mol. The summed E-state index contributed by atoms with van der Waals surface area (Å²) in [4.78, 5) is 14.3. The number of hydrogen-bond acceptors (Lipinski definition) is 3. The van der Waals surface area contributed by atoms with Crippen molar-refractivity contribution >= 4 is 5.97 Å². The molecule has 12 heavy (non-hydrogen) atoms. The minimum atomic E-state index is -1.22. The lowest BCUT2D eigenvalue weighted by Crippen LogP contribution is -2.23. The summed E-state index contributed by atoms with van der Waals surface area (Å²) in [6.07, 6.45) is 0. The summed E-state index contributed by atoms with van der Waals surface area (Å²) in [5, 5.41) is 10.4. The molecular weight excluding hydrogens is 154 g/mol. The highest BCUT2D eigenvalue weighted by Crippen LogP contribution is 2.10. The Hall–Kier alpha value is -1.38. The molecule has 0 radical (unpaired) electrons. The quantitative estimate of drug-likeness (QED) is 0.642. The van der Waals surface area contributed by atoms with Crippen LogP contribution in [0.15, 0.2) is 18.2 Å². The van der Waals surface area contributed by atoms with E-state index in [4.69, 9.17) is 0 Å². The maximum Gasteiger partial charge on any atom is 0.0900 e. The Balaban J connectivity index is 3.04. The van der Waals surface area contributed by atoms with Crippen LogP contribution < -0.4 is 5.11 Å². The van der Waals surface area contributed by atoms with Crippen molar-refractivity contribution in [2.24, 2.45) is 0 Å². The normalized spacial score (nSPS) is 10.2. The van der Waals surface area contributed by atoms with Crippen LogP contribution in [0.3, 0.4) is 0 Å². The van der Waals surface area contributed by atoms with Crippen LogP contribution >= 0.6 is 0 Å². The summed E-state index contributed by atoms with van der Waals surface area (Å²) in [5.74, 6) is -0.984. The van der Waals surface area contributed by atoms with Crippen molar-refractivity contribution in [3.63, 3.8) is 0 Å². The van der Waals surface area contributed by atoms with Crippen LogP contribution in [-0.2, 0) is 0 Å². The highest BCUT2D eigenvalue weighted by molar-refractivity contribution is 5.83. The van der Waals surface area contributed by atoms with Gasteiger partial charge in [0.15, 0.2) is 0 Å². The highest BCUT2D eigenvalue weighted by Gasteiger charge is 2.01. The molecule has 0 fully saturated rings. The predicted octanol–water partition coefficient (Wildman–Crippen LogP) is 0.568. The van der Waals surface area contributed by atoms with Gasteiger partial charge < -0.3 is 9.90 Å². The number of aromatic carboxylic acids is 1.